The van der Waals surface area contributed by atoms with Crippen LogP contribution in [0.15, 0.2) is 60.9 Å². The van der Waals surface area contributed by atoms with E-state index >= 15 is 0 Å². The molecule has 3 unspecified atom stereocenters. The van der Waals surface area contributed by atoms with Crippen molar-refractivity contribution in [3.63, 3.8) is 0 Å². The van der Waals surface area contributed by atoms with Crippen LogP contribution in [0.3, 0.4) is 0 Å². The Bertz CT molecular complexity index is 1510. The van der Waals surface area contributed by atoms with Gasteiger partial charge in [0.2, 0.25) is 0 Å². The summed E-state index contributed by atoms with van der Waals surface area (Å²) in [5, 5.41) is 27.6. The zero-order valence-electron chi connectivity index (χ0n) is 21.0. The SMILES string of the molecule is Cc1cccc(C(=N)c2cccc3nn(C)cc23)c1Nc1ccc(N2CC3CCC2CC3C(=O)O)nc1. The third kappa shape index (κ3) is 4.12. The first-order valence-corrected chi connectivity index (χ1v) is 12.7. The summed E-state index contributed by atoms with van der Waals surface area (Å²) < 4.78 is 1.78. The standard InChI is InChI=1S/C29H30N6O2/c1-17-5-3-7-22(27(30)21-6-4-8-25-24(21)16-34(2)33-25)28(17)32-19-10-12-26(31-14-19)35-15-18-9-11-20(35)13-23(18)29(36)37/h3-8,10,12,14,16,18,20,23,30,32H,9,11,13,15H2,1-2H3,(H,36,37). The largest absolute Gasteiger partial charge is 0.481 e. The predicted octanol–water partition coefficient (Wildman–Crippen LogP) is 5.13. The molecular formula is C29H30N6O2. The number of piperidine rings is 2. The Hall–Kier alpha value is -4.20. The fraction of sp³-hybridized carbons (Fsp3) is 0.310. The molecule has 8 heteroatoms. The Kier molecular flexibility index (Phi) is 5.67. The fourth-order valence-corrected chi connectivity index (χ4v) is 6.04. The highest BCUT2D eigenvalue weighted by atomic mass is 16.4. The van der Waals surface area contributed by atoms with Gasteiger partial charge in [-0.15, -0.1) is 0 Å². The van der Waals surface area contributed by atoms with Gasteiger partial charge < -0.3 is 15.3 Å². The van der Waals surface area contributed by atoms with Crippen LogP contribution in [-0.4, -0.2) is 44.1 Å². The number of rotatable bonds is 6. The molecule has 2 bridgehead atoms. The van der Waals surface area contributed by atoms with Gasteiger partial charge in [-0.05, 0) is 55.9 Å². The highest BCUT2D eigenvalue weighted by Gasteiger charge is 2.44. The van der Waals surface area contributed by atoms with E-state index in [0.29, 0.717) is 12.1 Å². The van der Waals surface area contributed by atoms with Crippen molar-refractivity contribution in [3.8, 4) is 0 Å². The predicted molar refractivity (Wildman–Crippen MR) is 145 cm³/mol. The Labute approximate surface area is 215 Å². The van der Waals surface area contributed by atoms with E-state index in [9.17, 15) is 9.90 Å². The monoisotopic (exact) mass is 494 g/mol. The average Bonchev–Trinajstić information content (AvgIpc) is 3.30. The Morgan fingerprint density at radius 1 is 1.11 bits per heavy atom. The van der Waals surface area contributed by atoms with Crippen LogP contribution in [0.5, 0.6) is 0 Å². The first-order valence-electron chi connectivity index (χ1n) is 12.7. The normalized spacial score (nSPS) is 20.8. The maximum atomic E-state index is 11.6. The molecule has 3 N–H and O–H groups in total. The molecule has 7 rings (SSSR count). The van der Waals surface area contributed by atoms with Crippen LogP contribution in [0.25, 0.3) is 10.9 Å². The highest BCUT2D eigenvalue weighted by molar-refractivity contribution is 6.20. The van der Waals surface area contributed by atoms with E-state index in [1.165, 1.54) is 0 Å². The molecule has 1 saturated carbocycles. The van der Waals surface area contributed by atoms with Gasteiger partial charge in [0.05, 0.1) is 34.7 Å². The van der Waals surface area contributed by atoms with Crippen LogP contribution < -0.4 is 10.2 Å². The van der Waals surface area contributed by atoms with Crippen molar-refractivity contribution in [1.82, 2.24) is 14.8 Å². The summed E-state index contributed by atoms with van der Waals surface area (Å²) in [7, 11) is 1.89. The highest BCUT2D eigenvalue weighted by Crippen LogP contribution is 2.41. The smallest absolute Gasteiger partial charge is 0.306 e. The van der Waals surface area contributed by atoms with Crippen molar-refractivity contribution < 1.29 is 9.90 Å². The van der Waals surface area contributed by atoms with Crippen LogP contribution in [0.4, 0.5) is 17.2 Å². The number of pyridine rings is 1. The minimum absolute atomic E-state index is 0.187. The summed E-state index contributed by atoms with van der Waals surface area (Å²) in [5.74, 6) is 0.182. The lowest BCUT2D eigenvalue weighted by atomic mass is 9.72. The van der Waals surface area contributed by atoms with E-state index in [1.807, 2.05) is 74.9 Å². The molecule has 2 aromatic carbocycles. The van der Waals surface area contributed by atoms with Crippen LogP contribution in [0.1, 0.15) is 36.0 Å². The van der Waals surface area contributed by atoms with E-state index < -0.39 is 5.97 Å². The van der Waals surface area contributed by atoms with Crippen molar-refractivity contribution in [2.75, 3.05) is 16.8 Å². The van der Waals surface area contributed by atoms with Gasteiger partial charge in [-0.3, -0.25) is 14.9 Å². The molecule has 2 aliphatic heterocycles. The number of fused-ring (bicyclic) bond motifs is 4. The second kappa shape index (κ2) is 9.03. The molecule has 2 aromatic heterocycles. The van der Waals surface area contributed by atoms with Gasteiger partial charge in [0, 0.05) is 42.3 Å². The van der Waals surface area contributed by atoms with Crippen molar-refractivity contribution in [1.29, 1.82) is 5.41 Å². The van der Waals surface area contributed by atoms with Gasteiger partial charge in [0.25, 0.3) is 0 Å². The van der Waals surface area contributed by atoms with Crippen LogP contribution in [-0.2, 0) is 11.8 Å². The zero-order valence-corrected chi connectivity index (χ0v) is 21.0. The van der Waals surface area contributed by atoms with E-state index in [1.54, 1.807) is 4.68 Å². The minimum Gasteiger partial charge on any atom is -0.481 e. The summed E-state index contributed by atoms with van der Waals surface area (Å²) >= 11 is 0. The number of aryl methyl sites for hydroxylation is 2. The van der Waals surface area contributed by atoms with Crippen molar-refractivity contribution >= 4 is 39.8 Å². The molecule has 4 aromatic rings. The van der Waals surface area contributed by atoms with E-state index in [0.717, 1.165) is 64.2 Å². The lowest BCUT2D eigenvalue weighted by Crippen LogP contribution is -2.54. The van der Waals surface area contributed by atoms with Crippen molar-refractivity contribution in [3.05, 3.63) is 77.6 Å². The number of para-hydroxylation sites is 1. The van der Waals surface area contributed by atoms with Crippen molar-refractivity contribution in [2.24, 2.45) is 18.9 Å². The number of carboxylic acids is 1. The van der Waals surface area contributed by atoms with E-state index in [4.69, 9.17) is 10.4 Å². The summed E-state index contributed by atoms with van der Waals surface area (Å²) in [6.45, 7) is 2.79. The first kappa shape index (κ1) is 23.2. The summed E-state index contributed by atoms with van der Waals surface area (Å²) in [4.78, 5) is 18.6. The number of carbonyl (C=O) groups is 1. The quantitative estimate of drug-likeness (QED) is 0.321. The Morgan fingerprint density at radius 3 is 2.65 bits per heavy atom. The Morgan fingerprint density at radius 2 is 1.92 bits per heavy atom. The van der Waals surface area contributed by atoms with Gasteiger partial charge in [0.15, 0.2) is 0 Å². The number of anilines is 3. The third-order valence-corrected chi connectivity index (χ3v) is 7.94. The summed E-state index contributed by atoms with van der Waals surface area (Å²) in [6.07, 6.45) is 6.48. The average molecular weight is 495 g/mol. The molecule has 37 heavy (non-hydrogen) atoms. The summed E-state index contributed by atoms with van der Waals surface area (Å²) in [6, 6.07) is 16.1. The molecular weight excluding hydrogens is 464 g/mol. The molecule has 4 heterocycles. The number of nitrogens with zero attached hydrogens (tertiary/aromatic N) is 4. The van der Waals surface area contributed by atoms with Crippen LogP contribution in [0.2, 0.25) is 0 Å². The second-order valence-corrected chi connectivity index (χ2v) is 10.3. The zero-order chi connectivity index (χ0) is 25.7. The minimum atomic E-state index is -0.666. The van der Waals surface area contributed by atoms with Crippen LogP contribution >= 0.6 is 0 Å². The van der Waals surface area contributed by atoms with E-state index in [2.05, 4.69) is 15.3 Å². The van der Waals surface area contributed by atoms with Gasteiger partial charge in [0.1, 0.15) is 5.82 Å². The number of carboxylic acid groups (broad SMARTS) is 1. The van der Waals surface area contributed by atoms with Gasteiger partial charge >= 0.3 is 5.97 Å². The molecule has 3 atom stereocenters. The number of aromatic nitrogens is 3. The molecule has 188 valence electrons. The van der Waals surface area contributed by atoms with Crippen molar-refractivity contribution in [2.45, 2.75) is 32.2 Å². The Balaban J connectivity index is 1.26. The van der Waals surface area contributed by atoms with E-state index in [-0.39, 0.29) is 17.9 Å². The second-order valence-electron chi connectivity index (χ2n) is 10.3. The number of benzene rings is 2. The van der Waals surface area contributed by atoms with Gasteiger partial charge in [-0.2, -0.15) is 5.10 Å². The van der Waals surface area contributed by atoms with Gasteiger partial charge in [-0.25, -0.2) is 4.98 Å². The lowest BCUT2D eigenvalue weighted by Gasteiger charge is -2.48. The molecule has 3 aliphatic rings. The molecule has 3 fully saturated rings. The lowest BCUT2D eigenvalue weighted by molar-refractivity contribution is -0.146. The molecule has 8 nitrogen and oxygen atoms in total. The third-order valence-electron chi connectivity index (χ3n) is 7.94. The summed E-state index contributed by atoms with van der Waals surface area (Å²) in [5.41, 5.74) is 5.72. The number of hydrogen-bond acceptors (Lipinski definition) is 6. The number of aliphatic carboxylic acids is 1. The molecule has 0 amide bonds. The van der Waals surface area contributed by atoms with Gasteiger partial charge in [-0.1, -0.05) is 30.3 Å². The fourth-order valence-electron chi connectivity index (χ4n) is 6.04. The topological polar surface area (TPSA) is 107 Å². The van der Waals surface area contributed by atoms with Crippen LogP contribution in [0, 0.1) is 24.2 Å². The molecule has 1 aliphatic carbocycles. The number of hydrogen-bond donors (Lipinski definition) is 3. The molecule has 0 spiro atoms. The molecule has 0 radical (unpaired) electrons. The maximum absolute atomic E-state index is 11.6. The maximum Gasteiger partial charge on any atom is 0.306 e. The first-order chi connectivity index (χ1) is 17.9. The molecule has 2 saturated heterocycles. The number of nitrogens with one attached hydrogen (secondary N) is 2.